The molecule has 5 nitrogen and oxygen atoms in total. The molecule has 1 aromatic carbocycles. The van der Waals surface area contributed by atoms with Gasteiger partial charge in [0.15, 0.2) is 0 Å². The van der Waals surface area contributed by atoms with E-state index in [0.29, 0.717) is 17.2 Å². The highest BCUT2D eigenvalue weighted by Gasteiger charge is 2.11. The highest BCUT2D eigenvalue weighted by molar-refractivity contribution is 6.30. The predicted molar refractivity (Wildman–Crippen MR) is 94.1 cm³/mol. The van der Waals surface area contributed by atoms with E-state index in [1.807, 2.05) is 23.6 Å². The zero-order valence-electron chi connectivity index (χ0n) is 13.4. The van der Waals surface area contributed by atoms with Crippen LogP contribution in [0, 0.1) is 18.3 Å². The van der Waals surface area contributed by atoms with Crippen LogP contribution in [0.5, 0.6) is 0 Å². The van der Waals surface area contributed by atoms with Crippen molar-refractivity contribution >= 4 is 17.4 Å². The Morgan fingerprint density at radius 3 is 2.71 bits per heavy atom. The lowest BCUT2D eigenvalue weighted by atomic mass is 10.2. The van der Waals surface area contributed by atoms with Gasteiger partial charge in [-0.25, -0.2) is 4.98 Å². The molecule has 2 aromatic heterocycles. The number of rotatable bonds is 5. The van der Waals surface area contributed by atoms with E-state index in [2.05, 4.69) is 11.1 Å². The summed E-state index contributed by atoms with van der Waals surface area (Å²) in [6, 6.07) is 11.2. The maximum atomic E-state index is 12.3. The number of benzene rings is 1. The molecule has 0 fully saturated rings. The molecular formula is C18H17ClN4O. The van der Waals surface area contributed by atoms with Crippen LogP contribution in [-0.4, -0.2) is 14.0 Å². The standard InChI is InChI=1S/C18H17ClN4O/c1-13-11-17(24)23-12-16(14-5-7-15(19)8-6-14)21-18(23)22(13)10-4-2-3-9-20/h5-8,11-12H,2-4,10H2,1H3. The molecule has 0 saturated heterocycles. The van der Waals surface area contributed by atoms with Crippen LogP contribution in [0.15, 0.2) is 41.3 Å². The summed E-state index contributed by atoms with van der Waals surface area (Å²) in [5.74, 6) is 0.627. The summed E-state index contributed by atoms with van der Waals surface area (Å²) in [6.07, 6.45) is 4.00. The van der Waals surface area contributed by atoms with Crippen LogP contribution in [0.2, 0.25) is 5.02 Å². The number of fused-ring (bicyclic) bond motifs is 1. The fourth-order valence-electron chi connectivity index (χ4n) is 2.72. The van der Waals surface area contributed by atoms with Gasteiger partial charge in [-0.2, -0.15) is 5.26 Å². The molecule has 24 heavy (non-hydrogen) atoms. The van der Waals surface area contributed by atoms with Gasteiger partial charge in [0.25, 0.3) is 5.56 Å². The van der Waals surface area contributed by atoms with Crippen LogP contribution >= 0.6 is 11.6 Å². The summed E-state index contributed by atoms with van der Waals surface area (Å²) < 4.78 is 3.60. The highest BCUT2D eigenvalue weighted by Crippen LogP contribution is 2.21. The molecular weight excluding hydrogens is 324 g/mol. The van der Waals surface area contributed by atoms with E-state index >= 15 is 0 Å². The fraction of sp³-hybridized carbons (Fsp3) is 0.278. The van der Waals surface area contributed by atoms with Gasteiger partial charge in [-0.15, -0.1) is 0 Å². The minimum absolute atomic E-state index is 0.0940. The minimum atomic E-state index is -0.0940. The van der Waals surface area contributed by atoms with Gasteiger partial charge in [-0.05, 0) is 31.9 Å². The molecule has 0 radical (unpaired) electrons. The van der Waals surface area contributed by atoms with Gasteiger partial charge in [0.05, 0.1) is 11.8 Å². The maximum Gasteiger partial charge on any atom is 0.259 e. The van der Waals surface area contributed by atoms with Crippen molar-refractivity contribution in [3.8, 4) is 17.3 Å². The zero-order valence-corrected chi connectivity index (χ0v) is 14.1. The summed E-state index contributed by atoms with van der Waals surface area (Å²) in [5, 5.41) is 9.31. The molecule has 0 unspecified atom stereocenters. The first-order valence-electron chi connectivity index (χ1n) is 7.82. The first-order valence-corrected chi connectivity index (χ1v) is 8.20. The van der Waals surface area contributed by atoms with Crippen molar-refractivity contribution in [2.24, 2.45) is 0 Å². The predicted octanol–water partition coefficient (Wildman–Crippen LogP) is 3.82. The SMILES string of the molecule is Cc1cc(=O)n2cc(-c3ccc(Cl)cc3)nc2n1CCCCC#N. The van der Waals surface area contributed by atoms with E-state index in [4.69, 9.17) is 16.9 Å². The molecule has 0 bridgehead atoms. The maximum absolute atomic E-state index is 12.3. The van der Waals surface area contributed by atoms with E-state index in [1.54, 1.807) is 28.8 Å². The van der Waals surface area contributed by atoms with Gasteiger partial charge in [-0.1, -0.05) is 23.7 Å². The summed E-state index contributed by atoms with van der Waals surface area (Å²) in [6.45, 7) is 2.64. The molecule has 3 aromatic rings. The fourth-order valence-corrected chi connectivity index (χ4v) is 2.84. The lowest BCUT2D eigenvalue weighted by Crippen LogP contribution is -2.18. The Kier molecular flexibility index (Phi) is 4.68. The number of aromatic nitrogens is 3. The highest BCUT2D eigenvalue weighted by atomic mass is 35.5. The number of hydrogen-bond acceptors (Lipinski definition) is 3. The number of imidazole rings is 1. The molecule has 0 amide bonds. The summed E-state index contributed by atoms with van der Waals surface area (Å²) >= 11 is 5.93. The van der Waals surface area contributed by atoms with Crippen molar-refractivity contribution in [1.29, 1.82) is 5.26 Å². The molecule has 0 aliphatic rings. The summed E-state index contributed by atoms with van der Waals surface area (Å²) in [4.78, 5) is 16.9. The van der Waals surface area contributed by atoms with Crippen molar-refractivity contribution < 1.29 is 0 Å². The van der Waals surface area contributed by atoms with Gasteiger partial charge in [0.2, 0.25) is 5.78 Å². The van der Waals surface area contributed by atoms with Crippen molar-refractivity contribution in [3.63, 3.8) is 0 Å². The second kappa shape index (κ2) is 6.90. The number of hydrogen-bond donors (Lipinski definition) is 0. The van der Waals surface area contributed by atoms with Gasteiger partial charge < -0.3 is 4.57 Å². The van der Waals surface area contributed by atoms with Crippen LogP contribution in [-0.2, 0) is 6.54 Å². The first kappa shape index (κ1) is 16.3. The Balaban J connectivity index is 2.04. The molecule has 2 heterocycles. The molecule has 6 heteroatoms. The Morgan fingerprint density at radius 2 is 2.00 bits per heavy atom. The number of nitrogens with zero attached hydrogens (tertiary/aromatic N) is 4. The van der Waals surface area contributed by atoms with Gasteiger partial charge in [0.1, 0.15) is 0 Å². The monoisotopic (exact) mass is 340 g/mol. The average Bonchev–Trinajstić information content (AvgIpc) is 3.00. The molecule has 0 saturated carbocycles. The molecule has 0 aliphatic carbocycles. The normalized spacial score (nSPS) is 10.9. The molecule has 3 rings (SSSR count). The third kappa shape index (κ3) is 3.19. The van der Waals surface area contributed by atoms with E-state index in [-0.39, 0.29) is 5.56 Å². The van der Waals surface area contributed by atoms with Crippen molar-refractivity contribution in [2.75, 3.05) is 0 Å². The third-order valence-electron chi connectivity index (χ3n) is 3.98. The van der Waals surface area contributed by atoms with E-state index in [9.17, 15) is 4.79 Å². The van der Waals surface area contributed by atoms with Crippen molar-refractivity contribution in [3.05, 3.63) is 57.6 Å². The Labute approximate surface area is 144 Å². The lowest BCUT2D eigenvalue weighted by molar-refractivity contribution is 0.602. The van der Waals surface area contributed by atoms with Gasteiger partial charge in [-0.3, -0.25) is 9.20 Å². The quantitative estimate of drug-likeness (QED) is 0.663. The largest absolute Gasteiger partial charge is 0.315 e. The molecule has 122 valence electrons. The Hall–Kier alpha value is -2.58. The summed E-state index contributed by atoms with van der Waals surface area (Å²) in [5.41, 5.74) is 2.43. The van der Waals surface area contributed by atoms with Crippen LogP contribution in [0.4, 0.5) is 0 Å². The van der Waals surface area contributed by atoms with Crippen molar-refractivity contribution in [1.82, 2.24) is 14.0 Å². The van der Waals surface area contributed by atoms with Crippen LogP contribution in [0.1, 0.15) is 25.0 Å². The van der Waals surface area contributed by atoms with Crippen LogP contribution < -0.4 is 5.56 Å². The molecule has 0 aliphatic heterocycles. The van der Waals surface area contributed by atoms with Crippen molar-refractivity contribution in [2.45, 2.75) is 32.7 Å². The minimum Gasteiger partial charge on any atom is -0.315 e. The lowest BCUT2D eigenvalue weighted by Gasteiger charge is -2.11. The smallest absolute Gasteiger partial charge is 0.259 e. The van der Waals surface area contributed by atoms with Gasteiger partial charge in [0, 0.05) is 41.5 Å². The first-order chi connectivity index (χ1) is 11.6. The Morgan fingerprint density at radius 1 is 1.25 bits per heavy atom. The number of unbranched alkanes of at least 4 members (excludes halogenated alkanes) is 2. The van der Waals surface area contributed by atoms with Gasteiger partial charge >= 0.3 is 0 Å². The second-order valence-electron chi connectivity index (χ2n) is 5.69. The number of aryl methyl sites for hydroxylation is 2. The van der Waals surface area contributed by atoms with Crippen LogP contribution in [0.3, 0.4) is 0 Å². The van der Waals surface area contributed by atoms with Crippen LogP contribution in [0.25, 0.3) is 17.0 Å². The zero-order chi connectivity index (χ0) is 17.1. The van der Waals surface area contributed by atoms with E-state index in [1.165, 1.54) is 0 Å². The topological polar surface area (TPSA) is 63.1 Å². The molecule has 0 atom stereocenters. The molecule has 0 spiro atoms. The van der Waals surface area contributed by atoms with E-state index in [0.717, 1.165) is 36.3 Å². The summed E-state index contributed by atoms with van der Waals surface area (Å²) in [7, 11) is 0. The number of halogens is 1. The van der Waals surface area contributed by atoms with E-state index < -0.39 is 0 Å². The third-order valence-corrected chi connectivity index (χ3v) is 4.24. The Bertz CT molecular complexity index is 964. The second-order valence-corrected chi connectivity index (χ2v) is 6.13. The molecule has 0 N–H and O–H groups in total. The average molecular weight is 341 g/mol. The number of nitriles is 1.